The van der Waals surface area contributed by atoms with Crippen LogP contribution in [-0.2, 0) is 70.7 Å². The number of aliphatic hydroxyl groups is 10. The molecule has 0 aromatic rings. The first kappa shape index (κ1) is 80.1. The number of carbonyl (C=O) groups is 4. The molecule has 518 valence electrons. The molecule has 0 aromatic heterocycles. The Hall–Kier alpha value is -3.13. The molecule has 0 radical (unpaired) electrons. The molecule has 89 heavy (non-hydrogen) atoms. The third-order valence-electron chi connectivity index (χ3n) is 15.5. The number of aliphatic hydroxyl groups excluding tert-OH is 10. The second-order valence-corrected chi connectivity index (χ2v) is 25.1. The van der Waals surface area contributed by atoms with Gasteiger partial charge in [0.15, 0.2) is 25.0 Å². The molecule has 3 fully saturated rings. The minimum absolute atomic E-state index is 0.0107. The fourth-order valence-electron chi connectivity index (χ4n) is 10.3. The van der Waals surface area contributed by atoms with Crippen LogP contribution in [0.2, 0.25) is 0 Å². The van der Waals surface area contributed by atoms with Crippen LogP contribution in [0.4, 0.5) is 0 Å². The molecule has 0 bridgehead atoms. The molecule has 12 N–H and O–H groups in total. The molecule has 0 aromatic carbocycles. The minimum Gasteiger partial charge on any atom is -0.461 e. The van der Waals surface area contributed by atoms with Crippen molar-refractivity contribution >= 4 is 31.3 Å². The minimum atomic E-state index is -3.74. The van der Waals surface area contributed by atoms with E-state index in [4.69, 9.17) is 46.9 Å². The zero-order chi connectivity index (χ0) is 65.6. The molecular weight excluding hydrogens is 1190 g/mol. The average molecular weight is 1300 g/mol. The first-order valence-corrected chi connectivity index (χ1v) is 34.3. The van der Waals surface area contributed by atoms with Crippen LogP contribution in [-0.4, -0.2) is 239 Å². The third kappa shape index (κ3) is 30.7. The summed E-state index contributed by atoms with van der Waals surface area (Å²) in [4.78, 5) is 51.3. The fourth-order valence-corrected chi connectivity index (χ4v) is 11.2. The molecule has 8 unspecified atom stereocenters. The molecule has 28 heteroatoms. The fraction of sp³-hybridized carbons (Fsp3) is 0.869. The molecule has 2 amide bonds. The summed E-state index contributed by atoms with van der Waals surface area (Å²) < 4.78 is 69.1. The van der Waals surface area contributed by atoms with Gasteiger partial charge < -0.3 is 109 Å². The highest BCUT2D eigenvalue weighted by Gasteiger charge is 2.53. The summed E-state index contributed by atoms with van der Waals surface area (Å²) in [5, 5.41) is 109. The molecule has 3 aliphatic rings. The van der Waals surface area contributed by atoms with E-state index in [1.54, 1.807) is 12.2 Å². The SMILES string of the molecule is C/C=C/C(CCCCCC)C(=O)OC[C@@H](COP(C)(=O)OCCNC(=O)CCCCC(=O)NCCO[C@@H]1OC(CO)[C@@H](O[C@@H]2OC(CO)[C@H](O[C@H]3OC(CO)[C@H](O)[C@H](O)C3O)[C@H](O)C2O)[C@H](O)C1O)OC(=O)CCCCCCC/C=C/CCCCCCCC. The molecule has 0 spiro atoms. The van der Waals surface area contributed by atoms with Crippen molar-refractivity contribution in [2.75, 3.05) is 66.0 Å². The number of unbranched alkanes of at least 4 members (excludes halogenated alkanes) is 15. The van der Waals surface area contributed by atoms with Gasteiger partial charge >= 0.3 is 19.5 Å². The van der Waals surface area contributed by atoms with E-state index < -0.39 is 143 Å². The highest BCUT2D eigenvalue weighted by atomic mass is 31.2. The van der Waals surface area contributed by atoms with Gasteiger partial charge in [0.25, 0.3) is 0 Å². The van der Waals surface area contributed by atoms with Gasteiger partial charge in [-0.1, -0.05) is 115 Å². The number of carbonyl (C=O) groups excluding carboxylic acids is 4. The standard InChI is InChI=1S/C61H109N2O25P/c1-5-8-10-12-13-14-15-16-17-18-19-20-21-22-24-31-48(69)83-42(39-80-58(77)41(27-7-3)28-23-11-9-6-2)40-82-89(4,78)81-35-33-63-47(68)30-26-25-29-46(67)62-32-34-79-59-54(75)51(72)56(44(37-65)85-59)88-61-55(76)52(73)57(45(38-66)86-61)87-60-53(74)50(71)49(70)43(36-64)84-60/h7,16-17,27,41-45,49-57,59-61,64-66,70-76H,5-6,8-15,18-26,28-40H2,1-4H3,(H,62,67)(H,63,68)/b17-16+,27-7+/t41?,42-,43?,44?,45?,49-,50-,51+,52+,53?,54?,55?,56+,57-,59+,60+,61-,89?/m0/s1. The Kier molecular flexibility index (Phi) is 41.4. The Balaban J connectivity index is 1.35. The van der Waals surface area contributed by atoms with Crippen molar-refractivity contribution in [3.8, 4) is 0 Å². The number of hydrogen-bond donors (Lipinski definition) is 12. The Morgan fingerprint density at radius 1 is 0.539 bits per heavy atom. The van der Waals surface area contributed by atoms with Gasteiger partial charge in [-0.25, -0.2) is 0 Å². The summed E-state index contributed by atoms with van der Waals surface area (Å²) in [7, 11) is -3.74. The normalized spacial score (nSPS) is 28.8. The van der Waals surface area contributed by atoms with E-state index in [0.717, 1.165) is 64.2 Å². The second kappa shape index (κ2) is 46.0. The van der Waals surface area contributed by atoms with E-state index >= 15 is 0 Å². The van der Waals surface area contributed by atoms with Gasteiger partial charge in [0.05, 0.1) is 45.6 Å². The van der Waals surface area contributed by atoms with Crippen LogP contribution in [0.1, 0.15) is 168 Å². The lowest BCUT2D eigenvalue weighted by Gasteiger charge is -2.48. The zero-order valence-electron chi connectivity index (χ0n) is 52.8. The first-order chi connectivity index (χ1) is 42.7. The van der Waals surface area contributed by atoms with Crippen LogP contribution in [0.5, 0.6) is 0 Å². The highest BCUT2D eigenvalue weighted by Crippen LogP contribution is 2.44. The van der Waals surface area contributed by atoms with Crippen LogP contribution in [0, 0.1) is 5.92 Å². The molecule has 3 saturated heterocycles. The Labute approximate surface area is 525 Å². The monoisotopic (exact) mass is 1300 g/mol. The lowest BCUT2D eigenvalue weighted by Crippen LogP contribution is -2.66. The van der Waals surface area contributed by atoms with Gasteiger partial charge in [0.2, 0.25) is 11.8 Å². The maximum absolute atomic E-state index is 13.3. The average Bonchev–Trinajstić information content (AvgIpc) is 0.935. The molecule has 27 nitrogen and oxygen atoms in total. The molecule has 3 aliphatic heterocycles. The molecule has 3 heterocycles. The Morgan fingerprint density at radius 3 is 1.56 bits per heavy atom. The van der Waals surface area contributed by atoms with Crippen molar-refractivity contribution in [3.63, 3.8) is 0 Å². The van der Waals surface area contributed by atoms with Gasteiger partial charge in [0, 0.05) is 39.0 Å². The predicted octanol–water partition coefficient (Wildman–Crippen LogP) is 2.76. The van der Waals surface area contributed by atoms with Crippen LogP contribution >= 0.6 is 7.60 Å². The van der Waals surface area contributed by atoms with Crippen LogP contribution in [0.3, 0.4) is 0 Å². The van der Waals surface area contributed by atoms with Crippen LogP contribution in [0.25, 0.3) is 0 Å². The lowest BCUT2D eigenvalue weighted by molar-refractivity contribution is -0.379. The van der Waals surface area contributed by atoms with Crippen molar-refractivity contribution in [1.29, 1.82) is 0 Å². The number of nitrogens with one attached hydrogen (secondary N) is 2. The topological polar surface area (TPSA) is 404 Å². The maximum atomic E-state index is 13.3. The largest absolute Gasteiger partial charge is 0.461 e. The van der Waals surface area contributed by atoms with E-state index in [0.29, 0.717) is 25.7 Å². The summed E-state index contributed by atoms with van der Waals surface area (Å²) in [6.45, 7) is 3.79. The molecule has 0 saturated carbocycles. The number of rotatable bonds is 48. The number of allylic oxidation sites excluding steroid dienone is 3. The Bertz CT molecular complexity index is 2040. The van der Waals surface area contributed by atoms with E-state index in [1.165, 1.54) is 45.2 Å². The van der Waals surface area contributed by atoms with Gasteiger partial charge in [-0.2, -0.15) is 0 Å². The maximum Gasteiger partial charge on any atom is 0.327 e. The van der Waals surface area contributed by atoms with Crippen molar-refractivity contribution in [1.82, 2.24) is 10.6 Å². The van der Waals surface area contributed by atoms with Crippen LogP contribution < -0.4 is 10.6 Å². The summed E-state index contributed by atoms with van der Waals surface area (Å²) in [6.07, 6.45) is 1.42. The van der Waals surface area contributed by atoms with Crippen molar-refractivity contribution in [2.45, 2.75) is 267 Å². The first-order valence-electron chi connectivity index (χ1n) is 32.3. The van der Waals surface area contributed by atoms with Gasteiger partial charge in [-0.05, 0) is 58.3 Å². The number of amides is 2. The van der Waals surface area contributed by atoms with Gasteiger partial charge in [0.1, 0.15) is 79.9 Å². The van der Waals surface area contributed by atoms with Gasteiger partial charge in [-0.3, -0.25) is 23.7 Å². The van der Waals surface area contributed by atoms with E-state index in [1.807, 2.05) is 6.92 Å². The summed E-state index contributed by atoms with van der Waals surface area (Å²) >= 11 is 0. The number of hydrogen-bond acceptors (Lipinski definition) is 25. The van der Waals surface area contributed by atoms with Crippen molar-refractivity contribution in [2.24, 2.45) is 5.92 Å². The van der Waals surface area contributed by atoms with Crippen LogP contribution in [0.15, 0.2) is 24.3 Å². The highest BCUT2D eigenvalue weighted by molar-refractivity contribution is 7.52. The Morgan fingerprint density at radius 2 is 1.01 bits per heavy atom. The van der Waals surface area contributed by atoms with E-state index in [9.17, 15) is 74.8 Å². The zero-order valence-corrected chi connectivity index (χ0v) is 53.7. The summed E-state index contributed by atoms with van der Waals surface area (Å²) in [5.41, 5.74) is 0. The number of esters is 2. The van der Waals surface area contributed by atoms with Crippen molar-refractivity contribution in [3.05, 3.63) is 24.3 Å². The summed E-state index contributed by atoms with van der Waals surface area (Å²) in [6, 6.07) is 0. The molecule has 18 atom stereocenters. The van der Waals surface area contributed by atoms with E-state index in [-0.39, 0.29) is 70.6 Å². The lowest BCUT2D eigenvalue weighted by atomic mass is 9.96. The van der Waals surface area contributed by atoms with Gasteiger partial charge in [-0.15, -0.1) is 0 Å². The van der Waals surface area contributed by atoms with Crippen molar-refractivity contribution < 1.29 is 122 Å². The third-order valence-corrected chi connectivity index (χ3v) is 16.8. The smallest absolute Gasteiger partial charge is 0.327 e. The molecular formula is C61H109N2O25P. The predicted molar refractivity (Wildman–Crippen MR) is 322 cm³/mol. The summed E-state index contributed by atoms with van der Waals surface area (Å²) in [5.74, 6) is -2.13. The second-order valence-electron chi connectivity index (χ2n) is 23.0. The van der Waals surface area contributed by atoms with E-state index in [2.05, 4.69) is 36.6 Å². The molecule has 0 aliphatic carbocycles. The quantitative estimate of drug-likeness (QED) is 0.0180. The molecule has 3 rings (SSSR count). The number of ether oxygens (including phenoxy) is 8.